The molecule has 1 aliphatic rings. The lowest BCUT2D eigenvalue weighted by Crippen LogP contribution is -2.40. The van der Waals surface area contributed by atoms with Crippen molar-refractivity contribution < 1.29 is 9.53 Å². The summed E-state index contributed by atoms with van der Waals surface area (Å²) in [5, 5.41) is 6.31. The Morgan fingerprint density at radius 3 is 2.75 bits per heavy atom. The maximum atomic E-state index is 12.2. The second-order valence-corrected chi connectivity index (χ2v) is 5.32. The lowest BCUT2D eigenvalue weighted by Gasteiger charge is -2.20. The van der Waals surface area contributed by atoms with Gasteiger partial charge in [-0.3, -0.25) is 4.79 Å². The van der Waals surface area contributed by atoms with Crippen LogP contribution in [0.5, 0.6) is 0 Å². The maximum absolute atomic E-state index is 12.2. The van der Waals surface area contributed by atoms with Gasteiger partial charge in [0.15, 0.2) is 0 Å². The van der Waals surface area contributed by atoms with Crippen molar-refractivity contribution >= 4 is 11.6 Å². The van der Waals surface area contributed by atoms with Gasteiger partial charge < -0.3 is 15.4 Å². The highest BCUT2D eigenvalue weighted by Gasteiger charge is 2.23. The van der Waals surface area contributed by atoms with E-state index in [1.165, 1.54) is 0 Å². The summed E-state index contributed by atoms with van der Waals surface area (Å²) in [7, 11) is 0. The molecule has 2 atom stereocenters. The largest absolute Gasteiger partial charge is 0.385 e. The van der Waals surface area contributed by atoms with E-state index in [-0.39, 0.29) is 18.1 Å². The van der Waals surface area contributed by atoms with Gasteiger partial charge in [0.1, 0.15) is 0 Å². The first-order valence-corrected chi connectivity index (χ1v) is 7.47. The Morgan fingerprint density at radius 2 is 2.15 bits per heavy atom. The molecule has 2 rings (SSSR count). The van der Waals surface area contributed by atoms with Gasteiger partial charge >= 0.3 is 0 Å². The van der Waals surface area contributed by atoms with E-state index in [1.807, 2.05) is 31.2 Å². The van der Waals surface area contributed by atoms with Gasteiger partial charge in [-0.05, 0) is 50.5 Å². The first-order valence-electron chi connectivity index (χ1n) is 7.47. The smallest absolute Gasteiger partial charge is 0.251 e. The molecular formula is C16H24N2O2. The second kappa shape index (κ2) is 7.29. The number of amides is 1. The number of carbonyl (C=O) groups excluding carboxylic acids is 1. The van der Waals surface area contributed by atoms with E-state index in [1.54, 1.807) is 0 Å². The zero-order valence-corrected chi connectivity index (χ0v) is 12.3. The summed E-state index contributed by atoms with van der Waals surface area (Å²) in [5.74, 6) is -0.0324. The number of benzene rings is 1. The van der Waals surface area contributed by atoms with Crippen molar-refractivity contribution in [3.63, 3.8) is 0 Å². The van der Waals surface area contributed by atoms with Crippen molar-refractivity contribution in [2.24, 2.45) is 0 Å². The van der Waals surface area contributed by atoms with E-state index in [9.17, 15) is 4.79 Å². The topological polar surface area (TPSA) is 50.4 Å². The minimum Gasteiger partial charge on any atom is -0.385 e. The van der Waals surface area contributed by atoms with Gasteiger partial charge in [-0.25, -0.2) is 0 Å². The number of hydrogen-bond donors (Lipinski definition) is 2. The molecule has 2 N–H and O–H groups in total. The van der Waals surface area contributed by atoms with Crippen LogP contribution in [0.25, 0.3) is 0 Å². The van der Waals surface area contributed by atoms with Crippen LogP contribution in [0.15, 0.2) is 24.3 Å². The third kappa shape index (κ3) is 3.97. The molecule has 4 nitrogen and oxygen atoms in total. The minimum absolute atomic E-state index is 0.0324. The van der Waals surface area contributed by atoms with Gasteiger partial charge in [0, 0.05) is 24.4 Å². The van der Waals surface area contributed by atoms with Crippen LogP contribution in [0.3, 0.4) is 0 Å². The summed E-state index contributed by atoms with van der Waals surface area (Å²) in [6, 6.07) is 7.66. The molecule has 0 spiro atoms. The number of rotatable bonds is 6. The van der Waals surface area contributed by atoms with Crippen molar-refractivity contribution in [3.8, 4) is 0 Å². The monoisotopic (exact) mass is 276 g/mol. The van der Waals surface area contributed by atoms with Gasteiger partial charge in [-0.1, -0.05) is 6.92 Å². The summed E-state index contributed by atoms with van der Waals surface area (Å²) in [6.45, 7) is 5.89. The fourth-order valence-electron chi connectivity index (χ4n) is 2.39. The normalized spacial score (nSPS) is 19.6. The molecule has 110 valence electrons. The number of hydrogen-bond acceptors (Lipinski definition) is 3. The molecule has 1 saturated heterocycles. The number of anilines is 1. The Hall–Kier alpha value is -1.55. The van der Waals surface area contributed by atoms with Crippen LogP contribution in [0.2, 0.25) is 0 Å². The summed E-state index contributed by atoms with van der Waals surface area (Å²) < 4.78 is 5.59. The molecule has 20 heavy (non-hydrogen) atoms. The summed E-state index contributed by atoms with van der Waals surface area (Å²) in [4.78, 5) is 12.2. The van der Waals surface area contributed by atoms with Crippen LogP contribution in [0, 0.1) is 0 Å². The third-order valence-electron chi connectivity index (χ3n) is 3.61. The second-order valence-electron chi connectivity index (χ2n) is 5.32. The van der Waals surface area contributed by atoms with Crippen molar-refractivity contribution in [1.82, 2.24) is 5.32 Å². The molecule has 1 amide bonds. The van der Waals surface area contributed by atoms with Gasteiger partial charge in [-0.2, -0.15) is 0 Å². The number of ether oxygens (including phenoxy) is 1. The van der Waals surface area contributed by atoms with Crippen LogP contribution in [-0.2, 0) is 4.74 Å². The highest BCUT2D eigenvalue weighted by Crippen LogP contribution is 2.16. The van der Waals surface area contributed by atoms with Crippen molar-refractivity contribution in [2.45, 2.75) is 45.3 Å². The Balaban J connectivity index is 1.88. The standard InChI is InChI=1S/C16H24N2O2/c1-3-10-17-14-8-6-13(7-9-14)16(19)18-12(2)15-5-4-11-20-15/h6-9,12,15,17H,3-5,10-11H2,1-2H3,(H,18,19). The average molecular weight is 276 g/mol. The molecule has 1 aromatic rings. The predicted molar refractivity (Wildman–Crippen MR) is 81.1 cm³/mol. The zero-order chi connectivity index (χ0) is 14.4. The maximum Gasteiger partial charge on any atom is 0.251 e. The lowest BCUT2D eigenvalue weighted by atomic mass is 10.1. The van der Waals surface area contributed by atoms with Crippen molar-refractivity contribution in [1.29, 1.82) is 0 Å². The molecule has 4 heteroatoms. The van der Waals surface area contributed by atoms with E-state index in [0.717, 1.165) is 38.1 Å². The molecule has 0 saturated carbocycles. The van der Waals surface area contributed by atoms with Crippen LogP contribution < -0.4 is 10.6 Å². The third-order valence-corrected chi connectivity index (χ3v) is 3.61. The summed E-state index contributed by atoms with van der Waals surface area (Å²) in [6.07, 6.45) is 3.36. The molecule has 1 heterocycles. The van der Waals surface area contributed by atoms with E-state index < -0.39 is 0 Å². The Kier molecular flexibility index (Phi) is 5.41. The van der Waals surface area contributed by atoms with Crippen LogP contribution in [0.4, 0.5) is 5.69 Å². The molecule has 0 aliphatic carbocycles. The molecule has 2 unspecified atom stereocenters. The SMILES string of the molecule is CCCNc1ccc(C(=O)NC(C)C2CCCO2)cc1. The Morgan fingerprint density at radius 1 is 1.40 bits per heavy atom. The number of carbonyl (C=O) groups is 1. The quantitative estimate of drug-likeness (QED) is 0.840. The van der Waals surface area contributed by atoms with Gasteiger partial charge in [0.2, 0.25) is 0 Å². The first kappa shape index (κ1) is 14.9. The molecule has 1 fully saturated rings. The summed E-state index contributed by atoms with van der Waals surface area (Å²) in [5.41, 5.74) is 1.74. The predicted octanol–water partition coefficient (Wildman–Crippen LogP) is 2.81. The zero-order valence-electron chi connectivity index (χ0n) is 12.3. The highest BCUT2D eigenvalue weighted by atomic mass is 16.5. The molecule has 0 radical (unpaired) electrons. The average Bonchev–Trinajstić information content (AvgIpc) is 3.00. The van der Waals surface area contributed by atoms with E-state index in [2.05, 4.69) is 17.6 Å². The first-order chi connectivity index (χ1) is 9.70. The lowest BCUT2D eigenvalue weighted by molar-refractivity contribution is 0.0712. The summed E-state index contributed by atoms with van der Waals surface area (Å²) >= 11 is 0. The van der Waals surface area contributed by atoms with Crippen molar-refractivity contribution in [3.05, 3.63) is 29.8 Å². The fourth-order valence-corrected chi connectivity index (χ4v) is 2.39. The van der Waals surface area contributed by atoms with Gasteiger partial charge in [-0.15, -0.1) is 0 Å². The molecular weight excluding hydrogens is 252 g/mol. The van der Waals surface area contributed by atoms with Gasteiger partial charge in [0.05, 0.1) is 12.1 Å². The fraction of sp³-hybridized carbons (Fsp3) is 0.562. The van der Waals surface area contributed by atoms with E-state index in [0.29, 0.717) is 5.56 Å². The Labute approximate surface area is 120 Å². The van der Waals surface area contributed by atoms with Crippen LogP contribution in [0.1, 0.15) is 43.5 Å². The van der Waals surface area contributed by atoms with Gasteiger partial charge in [0.25, 0.3) is 5.91 Å². The van der Waals surface area contributed by atoms with E-state index >= 15 is 0 Å². The highest BCUT2D eigenvalue weighted by molar-refractivity contribution is 5.94. The van der Waals surface area contributed by atoms with Crippen LogP contribution in [-0.4, -0.2) is 31.2 Å². The molecule has 1 aliphatic heterocycles. The van der Waals surface area contributed by atoms with Crippen molar-refractivity contribution in [2.75, 3.05) is 18.5 Å². The molecule has 0 aromatic heterocycles. The molecule has 0 bridgehead atoms. The minimum atomic E-state index is -0.0324. The van der Waals surface area contributed by atoms with Crippen LogP contribution >= 0.6 is 0 Å². The molecule has 1 aromatic carbocycles. The Bertz CT molecular complexity index is 425. The van der Waals surface area contributed by atoms with E-state index in [4.69, 9.17) is 4.74 Å². The number of nitrogens with one attached hydrogen (secondary N) is 2.